The molecule has 0 heterocycles. The summed E-state index contributed by atoms with van der Waals surface area (Å²) in [4.78, 5) is 0. The van der Waals surface area contributed by atoms with Crippen LogP contribution in [0.3, 0.4) is 0 Å². The molecule has 21 heavy (non-hydrogen) atoms. The molecule has 0 radical (unpaired) electrons. The van der Waals surface area contributed by atoms with E-state index in [9.17, 15) is 0 Å². The Hall–Kier alpha value is -0.280. The molecule has 132 valence electrons. The molecule has 0 bridgehead atoms. The largest absolute Gasteiger partial charge is 0.394 e. The van der Waals surface area contributed by atoms with Gasteiger partial charge in [-0.15, -0.1) is 0 Å². The first-order chi connectivity index (χ1) is 10.2. The summed E-state index contributed by atoms with van der Waals surface area (Å²) in [6, 6.07) is 0. The molecule has 0 rings (SSSR count). The van der Waals surface area contributed by atoms with Gasteiger partial charge in [0.1, 0.15) is 0 Å². The summed E-state index contributed by atoms with van der Waals surface area (Å²) in [7, 11) is 3.25. The zero-order chi connectivity index (χ0) is 16.6. The van der Waals surface area contributed by atoms with Crippen molar-refractivity contribution >= 4 is 0 Å². The summed E-state index contributed by atoms with van der Waals surface area (Å²) in [5.41, 5.74) is 0. The summed E-state index contributed by atoms with van der Waals surface area (Å²) in [6.45, 7) is 8.86. The molecule has 7 heteroatoms. The molecule has 0 fully saturated rings. The third-order valence-electron chi connectivity index (χ3n) is 1.62. The van der Waals surface area contributed by atoms with Gasteiger partial charge in [0.05, 0.1) is 52.9 Å². The molecule has 0 amide bonds. The Morgan fingerprint density at radius 2 is 0.857 bits per heavy atom. The third kappa shape index (κ3) is 45.1. The third-order valence-corrected chi connectivity index (χ3v) is 1.62. The Kier molecular flexibility index (Phi) is 39.0. The van der Waals surface area contributed by atoms with E-state index in [1.807, 2.05) is 13.8 Å². The molecule has 0 aromatic rings. The fourth-order valence-electron chi connectivity index (χ4n) is 0.858. The van der Waals surface area contributed by atoms with Crippen molar-refractivity contribution in [2.24, 2.45) is 0 Å². The van der Waals surface area contributed by atoms with Crippen LogP contribution in [0.4, 0.5) is 0 Å². The lowest BCUT2D eigenvalue weighted by Crippen LogP contribution is -2.08. The summed E-state index contributed by atoms with van der Waals surface area (Å²) < 4.78 is 24.2. The lowest BCUT2D eigenvalue weighted by atomic mass is 10.7. The molecule has 0 aliphatic rings. The predicted octanol–water partition coefficient (Wildman–Crippen LogP) is 0.326. The van der Waals surface area contributed by atoms with Gasteiger partial charge in [-0.05, 0) is 13.8 Å². The van der Waals surface area contributed by atoms with E-state index in [1.165, 1.54) is 0 Å². The fraction of sp³-hybridized carbons (Fsp3) is 1.00. The fourth-order valence-corrected chi connectivity index (χ4v) is 0.858. The number of hydrogen-bond donors (Lipinski definition) is 2. The minimum atomic E-state index is 0.0278. The molecule has 7 nitrogen and oxygen atoms in total. The van der Waals surface area contributed by atoms with E-state index in [2.05, 4.69) is 9.47 Å². The van der Waals surface area contributed by atoms with Crippen molar-refractivity contribution < 1.29 is 33.9 Å². The molecule has 0 spiro atoms. The lowest BCUT2D eigenvalue weighted by Gasteiger charge is -2.03. The molecule has 0 aliphatic carbocycles. The summed E-state index contributed by atoms with van der Waals surface area (Å²) in [5.74, 6) is 0. The van der Waals surface area contributed by atoms with Crippen LogP contribution in [0.1, 0.15) is 13.8 Å². The molecular formula is C14H34O7. The average molecular weight is 314 g/mol. The zero-order valence-electron chi connectivity index (χ0n) is 14.0. The average Bonchev–Trinajstić information content (AvgIpc) is 2.49. The molecule has 2 N–H and O–H groups in total. The van der Waals surface area contributed by atoms with E-state index in [4.69, 9.17) is 24.4 Å². The molecule has 0 atom stereocenters. The highest BCUT2D eigenvalue weighted by Crippen LogP contribution is 1.79. The van der Waals surface area contributed by atoms with Crippen LogP contribution < -0.4 is 0 Å². The van der Waals surface area contributed by atoms with Crippen LogP contribution >= 0.6 is 0 Å². The number of hydrogen-bond acceptors (Lipinski definition) is 7. The number of aliphatic hydroxyl groups excluding tert-OH is 2. The second-order valence-electron chi connectivity index (χ2n) is 3.47. The zero-order valence-corrected chi connectivity index (χ0v) is 14.0. The Morgan fingerprint density at radius 3 is 1.14 bits per heavy atom. The van der Waals surface area contributed by atoms with Gasteiger partial charge >= 0.3 is 0 Å². The second-order valence-corrected chi connectivity index (χ2v) is 3.47. The maximum atomic E-state index is 8.09. The van der Waals surface area contributed by atoms with Gasteiger partial charge in [0.15, 0.2) is 0 Å². The molecule has 0 saturated carbocycles. The van der Waals surface area contributed by atoms with Crippen molar-refractivity contribution in [3.05, 3.63) is 0 Å². The maximum Gasteiger partial charge on any atom is 0.0701 e. The number of methoxy groups -OCH3 is 1. The van der Waals surface area contributed by atoms with E-state index in [0.29, 0.717) is 39.6 Å². The van der Waals surface area contributed by atoms with Gasteiger partial charge < -0.3 is 33.9 Å². The van der Waals surface area contributed by atoms with Crippen molar-refractivity contribution in [2.75, 3.05) is 80.3 Å². The molecule has 0 aliphatic heterocycles. The van der Waals surface area contributed by atoms with Crippen LogP contribution in [-0.4, -0.2) is 90.5 Å². The topological polar surface area (TPSA) is 86.6 Å². The minimum Gasteiger partial charge on any atom is -0.394 e. The molecule has 0 saturated heterocycles. The van der Waals surface area contributed by atoms with Crippen LogP contribution in [0.2, 0.25) is 0 Å². The van der Waals surface area contributed by atoms with Crippen molar-refractivity contribution in [2.45, 2.75) is 13.8 Å². The first-order valence-corrected chi connectivity index (χ1v) is 7.17. The van der Waals surface area contributed by atoms with Gasteiger partial charge in [0.2, 0.25) is 0 Å². The Labute approximate surface area is 129 Å². The van der Waals surface area contributed by atoms with Gasteiger partial charge in [-0.2, -0.15) is 0 Å². The Bertz CT molecular complexity index is 124. The van der Waals surface area contributed by atoms with E-state index in [1.54, 1.807) is 14.2 Å². The maximum absolute atomic E-state index is 8.09. The van der Waals surface area contributed by atoms with Crippen LogP contribution in [0.25, 0.3) is 0 Å². The summed E-state index contributed by atoms with van der Waals surface area (Å²) in [5, 5.41) is 16.2. The molecule has 0 aromatic heterocycles. The van der Waals surface area contributed by atoms with Gasteiger partial charge in [-0.25, -0.2) is 0 Å². The smallest absolute Gasteiger partial charge is 0.0701 e. The van der Waals surface area contributed by atoms with Crippen molar-refractivity contribution in [1.82, 2.24) is 0 Å². The van der Waals surface area contributed by atoms with Gasteiger partial charge in [-0.3, -0.25) is 0 Å². The predicted molar refractivity (Wildman–Crippen MR) is 81.7 cm³/mol. The van der Waals surface area contributed by atoms with E-state index in [0.717, 1.165) is 13.2 Å². The first-order valence-electron chi connectivity index (χ1n) is 7.17. The minimum absolute atomic E-state index is 0.0278. The highest BCUT2D eigenvalue weighted by atomic mass is 16.5. The Balaban J connectivity index is -0.000000277. The van der Waals surface area contributed by atoms with Crippen molar-refractivity contribution in [1.29, 1.82) is 0 Å². The number of aliphatic hydroxyl groups is 2. The van der Waals surface area contributed by atoms with E-state index >= 15 is 0 Å². The summed E-state index contributed by atoms with van der Waals surface area (Å²) >= 11 is 0. The van der Waals surface area contributed by atoms with E-state index < -0.39 is 0 Å². The lowest BCUT2D eigenvalue weighted by molar-refractivity contribution is 0.0195. The van der Waals surface area contributed by atoms with Gasteiger partial charge in [-0.1, -0.05) is 0 Å². The van der Waals surface area contributed by atoms with E-state index in [-0.39, 0.29) is 13.2 Å². The SMILES string of the molecule is CCOCCOCCOCC.COC.OCCOCCO. The van der Waals surface area contributed by atoms with Crippen LogP contribution in [0, 0.1) is 0 Å². The van der Waals surface area contributed by atoms with Gasteiger partial charge in [0.25, 0.3) is 0 Å². The van der Waals surface area contributed by atoms with Crippen molar-refractivity contribution in [3.63, 3.8) is 0 Å². The van der Waals surface area contributed by atoms with Crippen molar-refractivity contribution in [3.8, 4) is 0 Å². The second kappa shape index (κ2) is 31.9. The molecule has 0 unspecified atom stereocenters. The molecular weight excluding hydrogens is 280 g/mol. The summed E-state index contributed by atoms with van der Waals surface area (Å²) in [6.07, 6.45) is 0. The number of rotatable bonds is 12. The normalized spacial score (nSPS) is 9.43. The standard InChI is InChI=1S/C8H18O3.C4H10O3.C2H6O/c1-3-9-5-7-11-8-6-10-4-2;5-1-3-7-4-2-6;1-3-2/h3-8H2,1-2H3;5-6H,1-4H2;1-2H3. The quantitative estimate of drug-likeness (QED) is 0.502. The van der Waals surface area contributed by atoms with Gasteiger partial charge in [0, 0.05) is 27.4 Å². The molecule has 0 aromatic carbocycles. The van der Waals surface area contributed by atoms with Crippen LogP contribution in [-0.2, 0) is 23.7 Å². The number of ether oxygens (including phenoxy) is 5. The van der Waals surface area contributed by atoms with Crippen LogP contribution in [0.15, 0.2) is 0 Å². The monoisotopic (exact) mass is 314 g/mol. The highest BCUT2D eigenvalue weighted by molar-refractivity contribution is 4.30. The Morgan fingerprint density at radius 1 is 0.571 bits per heavy atom. The highest BCUT2D eigenvalue weighted by Gasteiger charge is 1.87. The van der Waals surface area contributed by atoms with Crippen LogP contribution in [0.5, 0.6) is 0 Å². The first kappa shape index (κ1) is 25.7.